The largest absolute Gasteiger partial charge is 0.321 e. The molecule has 0 unspecified atom stereocenters. The molecule has 5 nitrogen and oxygen atoms in total. The Bertz CT molecular complexity index is 956. The fraction of sp³-hybridized carbons (Fsp3) is 0.211. The molecule has 1 aliphatic rings. The van der Waals surface area contributed by atoms with Crippen molar-refractivity contribution in [3.63, 3.8) is 0 Å². The third kappa shape index (κ3) is 4.08. The summed E-state index contributed by atoms with van der Waals surface area (Å²) < 4.78 is 25.5. The van der Waals surface area contributed by atoms with Gasteiger partial charge in [-0.25, -0.2) is 8.42 Å². The van der Waals surface area contributed by atoms with Crippen molar-refractivity contribution in [2.75, 3.05) is 21.9 Å². The first-order valence-corrected chi connectivity index (χ1v) is 10.2. The van der Waals surface area contributed by atoms with E-state index in [-0.39, 0.29) is 11.7 Å². The number of benzene rings is 2. The van der Waals surface area contributed by atoms with Crippen LogP contribution in [0, 0.1) is 0 Å². The lowest BCUT2D eigenvalue weighted by molar-refractivity contribution is -0.111. The minimum absolute atomic E-state index is 0.135. The third-order valence-corrected chi connectivity index (χ3v) is 6.37. The van der Waals surface area contributed by atoms with Crippen molar-refractivity contribution >= 4 is 44.5 Å². The van der Waals surface area contributed by atoms with Crippen molar-refractivity contribution < 1.29 is 13.2 Å². The van der Waals surface area contributed by atoms with E-state index in [0.29, 0.717) is 29.4 Å². The van der Waals surface area contributed by atoms with E-state index in [4.69, 9.17) is 11.6 Å². The van der Waals surface area contributed by atoms with E-state index in [1.165, 1.54) is 10.4 Å². The summed E-state index contributed by atoms with van der Waals surface area (Å²) in [5.41, 5.74) is 2.66. The van der Waals surface area contributed by atoms with Crippen LogP contribution in [0.1, 0.15) is 18.9 Å². The van der Waals surface area contributed by atoms with Gasteiger partial charge in [-0.2, -0.15) is 0 Å². The highest BCUT2D eigenvalue weighted by atomic mass is 35.5. The molecule has 7 heteroatoms. The zero-order valence-corrected chi connectivity index (χ0v) is 15.8. The topological polar surface area (TPSA) is 66.5 Å². The average molecular weight is 391 g/mol. The summed E-state index contributed by atoms with van der Waals surface area (Å²) >= 11 is 6.17. The second kappa shape index (κ2) is 7.51. The van der Waals surface area contributed by atoms with Gasteiger partial charge in [-0.3, -0.25) is 9.10 Å². The van der Waals surface area contributed by atoms with E-state index in [1.54, 1.807) is 18.2 Å². The zero-order valence-electron chi connectivity index (χ0n) is 14.3. The van der Waals surface area contributed by atoms with E-state index < -0.39 is 10.0 Å². The van der Waals surface area contributed by atoms with Crippen molar-refractivity contribution in [2.24, 2.45) is 0 Å². The van der Waals surface area contributed by atoms with E-state index >= 15 is 0 Å². The van der Waals surface area contributed by atoms with Gasteiger partial charge in [-0.1, -0.05) is 41.9 Å². The molecule has 2 aromatic carbocycles. The summed E-state index contributed by atoms with van der Waals surface area (Å²) in [6.07, 6.45) is 2.08. The first-order valence-electron chi connectivity index (χ1n) is 8.21. The first-order chi connectivity index (χ1) is 12.4. The van der Waals surface area contributed by atoms with Crippen molar-refractivity contribution in [2.45, 2.75) is 13.3 Å². The Hall–Kier alpha value is -2.31. The Morgan fingerprint density at radius 1 is 1.19 bits per heavy atom. The lowest BCUT2D eigenvalue weighted by Crippen LogP contribution is -2.25. The summed E-state index contributed by atoms with van der Waals surface area (Å²) in [5.74, 6) is -0.189. The Kier molecular flexibility index (Phi) is 5.34. The smallest absolute Gasteiger partial charge is 0.248 e. The highest BCUT2D eigenvalue weighted by Crippen LogP contribution is 2.31. The predicted octanol–water partition coefficient (Wildman–Crippen LogP) is 3.92. The molecule has 26 heavy (non-hydrogen) atoms. The van der Waals surface area contributed by atoms with E-state index in [0.717, 1.165) is 11.1 Å². The van der Waals surface area contributed by atoms with Crippen molar-refractivity contribution in [3.05, 3.63) is 65.2 Å². The number of hydrogen-bond acceptors (Lipinski definition) is 3. The first kappa shape index (κ1) is 18.5. The van der Waals surface area contributed by atoms with Crippen LogP contribution in [0.15, 0.2) is 54.6 Å². The molecule has 1 heterocycles. The zero-order chi connectivity index (χ0) is 18.7. The number of rotatable bonds is 4. The maximum Gasteiger partial charge on any atom is 0.248 e. The van der Waals surface area contributed by atoms with Gasteiger partial charge < -0.3 is 5.32 Å². The molecule has 1 fully saturated rings. The van der Waals surface area contributed by atoms with Crippen LogP contribution < -0.4 is 9.62 Å². The number of halogens is 1. The van der Waals surface area contributed by atoms with Gasteiger partial charge in [0.25, 0.3) is 0 Å². The van der Waals surface area contributed by atoms with Crippen LogP contribution in [0.5, 0.6) is 0 Å². The second-order valence-corrected chi connectivity index (χ2v) is 8.51. The fourth-order valence-electron chi connectivity index (χ4n) is 2.84. The molecule has 0 bridgehead atoms. The Morgan fingerprint density at radius 2 is 1.92 bits per heavy atom. The number of nitrogens with zero attached hydrogens (tertiary/aromatic N) is 1. The third-order valence-electron chi connectivity index (χ3n) is 4.17. The molecule has 0 aliphatic carbocycles. The number of carbonyl (C=O) groups excluding carboxylic acids is 1. The summed E-state index contributed by atoms with van der Waals surface area (Å²) in [6, 6.07) is 14.4. The quantitative estimate of drug-likeness (QED) is 0.804. The molecular weight excluding hydrogens is 372 g/mol. The van der Waals surface area contributed by atoms with Gasteiger partial charge in [0.15, 0.2) is 0 Å². The second-order valence-electron chi connectivity index (χ2n) is 6.09. The molecule has 1 amide bonds. The average Bonchev–Trinajstić information content (AvgIpc) is 2.97. The summed E-state index contributed by atoms with van der Waals surface area (Å²) in [7, 11) is -3.29. The molecule has 1 saturated heterocycles. The van der Waals surface area contributed by atoms with Crippen LogP contribution in [0.2, 0.25) is 5.02 Å². The van der Waals surface area contributed by atoms with Gasteiger partial charge in [0, 0.05) is 12.6 Å². The number of amides is 1. The van der Waals surface area contributed by atoms with Crippen molar-refractivity contribution in [3.8, 4) is 0 Å². The normalized spacial score (nSPS) is 16.5. The lowest BCUT2D eigenvalue weighted by atomic mass is 10.1. The minimum Gasteiger partial charge on any atom is -0.321 e. The highest BCUT2D eigenvalue weighted by molar-refractivity contribution is 7.93. The van der Waals surface area contributed by atoms with Crippen LogP contribution >= 0.6 is 11.6 Å². The standard InChI is InChI=1S/C19H19ClN2O3S/c1-14(15-6-3-2-4-7-15)12-19(23)21-18-13-16(8-9-17(18)20)22-10-5-11-26(22,24)25/h2-4,6-9,12-13H,5,10-11H2,1H3,(H,21,23)/b14-12+. The van der Waals surface area contributed by atoms with E-state index in [1.807, 2.05) is 37.3 Å². The SMILES string of the molecule is C/C(=C\C(=O)Nc1cc(N2CCCS2(=O)=O)ccc1Cl)c1ccccc1. The molecule has 2 aromatic rings. The number of allylic oxidation sites excluding steroid dienone is 1. The molecule has 136 valence electrons. The van der Waals surface area contributed by atoms with E-state index in [9.17, 15) is 13.2 Å². The number of anilines is 2. The number of sulfonamides is 1. The van der Waals surface area contributed by atoms with Crippen LogP contribution in [-0.2, 0) is 14.8 Å². The van der Waals surface area contributed by atoms with Crippen LogP contribution in [-0.4, -0.2) is 26.6 Å². The van der Waals surface area contributed by atoms with Gasteiger partial charge in [-0.05, 0) is 42.7 Å². The van der Waals surface area contributed by atoms with Gasteiger partial charge in [-0.15, -0.1) is 0 Å². The maximum atomic E-state index is 12.3. The van der Waals surface area contributed by atoms with Gasteiger partial charge >= 0.3 is 0 Å². The van der Waals surface area contributed by atoms with Gasteiger partial charge in [0.1, 0.15) is 0 Å². The molecular formula is C19H19ClN2O3S. The number of nitrogens with one attached hydrogen (secondary N) is 1. The van der Waals surface area contributed by atoms with E-state index in [2.05, 4.69) is 5.32 Å². The summed E-state index contributed by atoms with van der Waals surface area (Å²) in [5, 5.41) is 3.08. The summed E-state index contributed by atoms with van der Waals surface area (Å²) in [6.45, 7) is 2.29. The Morgan fingerprint density at radius 3 is 2.58 bits per heavy atom. The van der Waals surface area contributed by atoms with Crippen LogP contribution in [0.4, 0.5) is 11.4 Å². The molecule has 0 aromatic heterocycles. The van der Waals surface area contributed by atoms with Crippen molar-refractivity contribution in [1.29, 1.82) is 0 Å². The van der Waals surface area contributed by atoms with Gasteiger partial charge in [0.2, 0.25) is 15.9 Å². The van der Waals surface area contributed by atoms with Crippen LogP contribution in [0.25, 0.3) is 5.57 Å². The Balaban J connectivity index is 1.81. The van der Waals surface area contributed by atoms with Gasteiger partial charge in [0.05, 0.1) is 22.2 Å². The summed E-state index contributed by atoms with van der Waals surface area (Å²) in [4.78, 5) is 12.3. The highest BCUT2D eigenvalue weighted by Gasteiger charge is 2.28. The van der Waals surface area contributed by atoms with Crippen molar-refractivity contribution in [1.82, 2.24) is 0 Å². The fourth-order valence-corrected chi connectivity index (χ4v) is 4.56. The number of hydrogen-bond donors (Lipinski definition) is 1. The Labute approximate surface area is 158 Å². The molecule has 1 N–H and O–H groups in total. The molecule has 0 radical (unpaired) electrons. The maximum absolute atomic E-state index is 12.3. The molecule has 0 spiro atoms. The number of carbonyl (C=O) groups is 1. The monoisotopic (exact) mass is 390 g/mol. The van der Waals surface area contributed by atoms with Crippen LogP contribution in [0.3, 0.4) is 0 Å². The molecule has 0 atom stereocenters. The predicted molar refractivity (Wildman–Crippen MR) is 106 cm³/mol. The molecule has 0 saturated carbocycles. The minimum atomic E-state index is -3.29. The molecule has 1 aliphatic heterocycles. The lowest BCUT2D eigenvalue weighted by Gasteiger charge is -2.18. The molecule has 3 rings (SSSR count).